The Kier molecular flexibility index (Phi) is 5.84. The van der Waals surface area contributed by atoms with Gasteiger partial charge in [-0.25, -0.2) is 4.79 Å². The Morgan fingerprint density at radius 2 is 2.00 bits per heavy atom. The molecule has 0 bridgehead atoms. The molecule has 0 unspecified atom stereocenters. The maximum atomic E-state index is 12.7. The monoisotopic (exact) mass is 190 g/mol. The van der Waals surface area contributed by atoms with Crippen molar-refractivity contribution in [2.75, 3.05) is 6.54 Å². The summed E-state index contributed by atoms with van der Waals surface area (Å²) in [6, 6.07) is -0.983. The van der Waals surface area contributed by atoms with Gasteiger partial charge in [0, 0.05) is 6.92 Å². The molecule has 0 rings (SSSR count). The molecule has 0 atom stereocenters. The third kappa shape index (κ3) is 6.07. The van der Waals surface area contributed by atoms with Gasteiger partial charge in [-0.3, -0.25) is 10.1 Å². The molecule has 0 heterocycles. The molecule has 0 aromatic heterocycles. The van der Waals surface area contributed by atoms with Crippen LogP contribution in [0.3, 0.4) is 0 Å². The average molecular weight is 190 g/mol. The fourth-order valence-corrected chi connectivity index (χ4v) is 0.813. The van der Waals surface area contributed by atoms with Gasteiger partial charge in [-0.2, -0.15) is 5.12 Å². The molecule has 0 aromatic rings. The fraction of sp³-hybridized carbons (Fsp3) is 0.750. The molecule has 0 spiro atoms. The first kappa shape index (κ1) is 11.9. The largest absolute Gasteiger partial charge is 0.352 e. The predicted molar refractivity (Wildman–Crippen MR) is 46.6 cm³/mol. The highest BCUT2D eigenvalue weighted by molar-refractivity contribution is 5.92. The fourth-order valence-electron chi connectivity index (χ4n) is 0.813. The number of amides is 3. The lowest BCUT2D eigenvalue weighted by Crippen LogP contribution is -2.37. The molecule has 0 aliphatic carbocycles. The molecular weight excluding hydrogens is 175 g/mol. The van der Waals surface area contributed by atoms with E-state index >= 15 is 0 Å². The topological polar surface area (TPSA) is 49.4 Å². The van der Waals surface area contributed by atoms with Crippen LogP contribution in [0.25, 0.3) is 0 Å². The lowest BCUT2D eigenvalue weighted by atomic mass is 10.2. The van der Waals surface area contributed by atoms with Crippen LogP contribution in [0.5, 0.6) is 0 Å². The van der Waals surface area contributed by atoms with E-state index in [2.05, 4.69) is 0 Å². The quantitative estimate of drug-likeness (QED) is 0.541. The van der Waals surface area contributed by atoms with Crippen LogP contribution in [0.15, 0.2) is 0 Å². The molecule has 0 radical (unpaired) electrons. The minimum absolute atomic E-state index is 0.0249. The Morgan fingerprint density at radius 1 is 1.38 bits per heavy atom. The third-order valence-electron chi connectivity index (χ3n) is 1.46. The van der Waals surface area contributed by atoms with Crippen molar-refractivity contribution < 1.29 is 14.1 Å². The second-order valence-electron chi connectivity index (χ2n) is 2.78. The van der Waals surface area contributed by atoms with E-state index in [0.29, 0.717) is 6.42 Å². The van der Waals surface area contributed by atoms with Crippen LogP contribution in [0.4, 0.5) is 9.28 Å². The SMILES string of the molecule is CCCCCN(F)C(=O)NC(C)=O. The summed E-state index contributed by atoms with van der Waals surface area (Å²) in [4.78, 5) is 21.1. The summed E-state index contributed by atoms with van der Waals surface area (Å²) in [5.74, 6) is -0.553. The smallest absolute Gasteiger partial charge is 0.276 e. The van der Waals surface area contributed by atoms with Crippen molar-refractivity contribution in [2.24, 2.45) is 0 Å². The number of carbonyl (C=O) groups is 2. The minimum Gasteiger partial charge on any atom is -0.276 e. The van der Waals surface area contributed by atoms with Gasteiger partial charge in [-0.15, -0.1) is 0 Å². The highest BCUT2D eigenvalue weighted by Crippen LogP contribution is 1.98. The van der Waals surface area contributed by atoms with E-state index in [-0.39, 0.29) is 11.7 Å². The van der Waals surface area contributed by atoms with Gasteiger partial charge in [0.05, 0.1) is 6.54 Å². The standard InChI is InChI=1S/C8H15FN2O2/c1-3-4-5-6-11(9)8(13)10-7(2)12/h3-6H2,1-2H3,(H,10,12,13). The van der Waals surface area contributed by atoms with Crippen molar-refractivity contribution in [3.8, 4) is 0 Å². The van der Waals surface area contributed by atoms with E-state index in [1.54, 1.807) is 0 Å². The van der Waals surface area contributed by atoms with Crippen molar-refractivity contribution >= 4 is 11.9 Å². The minimum atomic E-state index is -0.983. The number of hydrogen-bond donors (Lipinski definition) is 1. The lowest BCUT2D eigenvalue weighted by molar-refractivity contribution is -0.118. The Hall–Kier alpha value is -1.13. The molecule has 76 valence electrons. The Bertz CT molecular complexity index is 185. The maximum absolute atomic E-state index is 12.7. The molecule has 0 fully saturated rings. The van der Waals surface area contributed by atoms with Crippen molar-refractivity contribution in [2.45, 2.75) is 33.1 Å². The van der Waals surface area contributed by atoms with Crippen LogP contribution < -0.4 is 5.32 Å². The summed E-state index contributed by atoms with van der Waals surface area (Å²) >= 11 is 0. The molecule has 1 N–H and O–H groups in total. The van der Waals surface area contributed by atoms with E-state index in [1.807, 2.05) is 12.2 Å². The summed E-state index contributed by atoms with van der Waals surface area (Å²) in [7, 11) is 0. The molecule has 0 saturated carbocycles. The Balaban J connectivity index is 3.63. The number of rotatable bonds is 4. The molecule has 3 amide bonds. The van der Waals surface area contributed by atoms with Crippen LogP contribution >= 0.6 is 0 Å². The molecule has 5 heteroatoms. The van der Waals surface area contributed by atoms with Crippen LogP contribution in [0.2, 0.25) is 0 Å². The van der Waals surface area contributed by atoms with Crippen LogP contribution in [0.1, 0.15) is 33.1 Å². The number of urea groups is 1. The van der Waals surface area contributed by atoms with Gasteiger partial charge in [0.15, 0.2) is 0 Å². The van der Waals surface area contributed by atoms with E-state index in [9.17, 15) is 14.1 Å². The zero-order valence-electron chi connectivity index (χ0n) is 7.97. The third-order valence-corrected chi connectivity index (χ3v) is 1.46. The summed E-state index contributed by atoms with van der Waals surface area (Å²) in [5, 5.41) is 1.87. The normalized spacial score (nSPS) is 9.46. The van der Waals surface area contributed by atoms with Gasteiger partial charge < -0.3 is 0 Å². The zero-order chi connectivity index (χ0) is 10.3. The van der Waals surface area contributed by atoms with E-state index in [4.69, 9.17) is 0 Å². The Labute approximate surface area is 77.0 Å². The molecule has 0 aromatic carbocycles. The number of carbonyl (C=O) groups excluding carboxylic acids is 2. The average Bonchev–Trinajstić information content (AvgIpc) is 2.03. The van der Waals surface area contributed by atoms with Gasteiger partial charge in [-0.1, -0.05) is 24.2 Å². The predicted octanol–water partition coefficient (Wildman–Crippen LogP) is 1.62. The van der Waals surface area contributed by atoms with Gasteiger partial charge in [0.25, 0.3) is 0 Å². The first-order valence-corrected chi connectivity index (χ1v) is 4.32. The zero-order valence-corrected chi connectivity index (χ0v) is 7.97. The van der Waals surface area contributed by atoms with Gasteiger partial charge >= 0.3 is 6.03 Å². The summed E-state index contributed by atoms with van der Waals surface area (Å²) < 4.78 is 12.7. The second-order valence-corrected chi connectivity index (χ2v) is 2.78. The van der Waals surface area contributed by atoms with Gasteiger partial charge in [0.2, 0.25) is 5.91 Å². The highest BCUT2D eigenvalue weighted by atomic mass is 19.2. The van der Waals surface area contributed by atoms with Crippen molar-refractivity contribution in [1.82, 2.24) is 10.4 Å². The van der Waals surface area contributed by atoms with Gasteiger partial charge in [0.1, 0.15) is 0 Å². The second kappa shape index (κ2) is 6.39. The number of nitrogens with zero attached hydrogens (tertiary/aromatic N) is 1. The molecule has 0 aliphatic rings. The highest BCUT2D eigenvalue weighted by Gasteiger charge is 2.12. The number of hydrogen-bond acceptors (Lipinski definition) is 2. The number of imide groups is 1. The molecule has 13 heavy (non-hydrogen) atoms. The summed E-state index contributed by atoms with van der Waals surface area (Å²) in [6.07, 6.45) is 2.44. The van der Waals surface area contributed by atoms with Crippen LogP contribution in [0, 0.1) is 0 Å². The van der Waals surface area contributed by atoms with Crippen molar-refractivity contribution in [3.05, 3.63) is 0 Å². The summed E-state index contributed by atoms with van der Waals surface area (Å²) in [6.45, 7) is 3.18. The molecular formula is C8H15FN2O2. The molecule has 0 aliphatic heterocycles. The van der Waals surface area contributed by atoms with E-state index < -0.39 is 11.9 Å². The molecule has 4 nitrogen and oxygen atoms in total. The number of unbranched alkanes of at least 4 members (excludes halogenated alkanes) is 2. The first-order valence-electron chi connectivity index (χ1n) is 4.32. The number of halogens is 1. The van der Waals surface area contributed by atoms with Crippen LogP contribution in [-0.2, 0) is 4.79 Å². The molecule has 0 saturated heterocycles. The van der Waals surface area contributed by atoms with Crippen molar-refractivity contribution in [1.29, 1.82) is 0 Å². The lowest BCUT2D eigenvalue weighted by Gasteiger charge is -2.10. The first-order chi connectivity index (χ1) is 6.07. The summed E-state index contributed by atoms with van der Waals surface area (Å²) in [5.41, 5.74) is 0. The number of nitrogens with one attached hydrogen (secondary N) is 1. The van der Waals surface area contributed by atoms with Gasteiger partial charge in [-0.05, 0) is 6.42 Å². The van der Waals surface area contributed by atoms with Crippen LogP contribution in [-0.4, -0.2) is 23.6 Å². The van der Waals surface area contributed by atoms with Crippen molar-refractivity contribution in [3.63, 3.8) is 0 Å². The van der Waals surface area contributed by atoms with E-state index in [0.717, 1.165) is 19.8 Å². The van der Waals surface area contributed by atoms with E-state index in [1.165, 1.54) is 0 Å². The maximum Gasteiger partial charge on any atom is 0.352 e. The Morgan fingerprint density at radius 3 is 2.46 bits per heavy atom.